The molecule has 1 aliphatic rings. The van der Waals surface area contributed by atoms with Crippen LogP contribution in [0.3, 0.4) is 0 Å². The molecule has 132 valence electrons. The molecule has 5 nitrogen and oxygen atoms in total. The smallest absolute Gasteiger partial charge is 0.257 e. The molecule has 1 aliphatic heterocycles. The number of anilines is 1. The molecule has 1 heterocycles. The van der Waals surface area contributed by atoms with E-state index in [1.165, 1.54) is 0 Å². The number of nitrogens with one attached hydrogen (secondary N) is 1. The van der Waals surface area contributed by atoms with Crippen molar-refractivity contribution in [2.75, 3.05) is 26.1 Å². The summed E-state index contributed by atoms with van der Waals surface area (Å²) in [6.45, 7) is 2.72. The molecule has 2 aromatic carbocycles. The summed E-state index contributed by atoms with van der Waals surface area (Å²) in [4.78, 5) is 14.8. The van der Waals surface area contributed by atoms with E-state index in [1.807, 2.05) is 41.3 Å². The highest BCUT2D eigenvalue weighted by Gasteiger charge is 2.33. The van der Waals surface area contributed by atoms with Crippen molar-refractivity contribution in [3.8, 4) is 11.5 Å². The van der Waals surface area contributed by atoms with Gasteiger partial charge in [-0.25, -0.2) is 0 Å². The van der Waals surface area contributed by atoms with E-state index in [4.69, 9.17) is 9.47 Å². The minimum absolute atomic E-state index is 0.0304. The van der Waals surface area contributed by atoms with E-state index in [0.717, 1.165) is 22.1 Å². The number of carbonyl (C=O) groups is 1. The zero-order valence-corrected chi connectivity index (χ0v) is 16.1. The first kappa shape index (κ1) is 17.6. The summed E-state index contributed by atoms with van der Waals surface area (Å²) in [5, 5.41) is 3.49. The number of para-hydroxylation sites is 1. The highest BCUT2D eigenvalue weighted by Crippen LogP contribution is 2.40. The van der Waals surface area contributed by atoms with E-state index >= 15 is 0 Å². The van der Waals surface area contributed by atoms with Crippen LogP contribution in [-0.4, -0.2) is 31.6 Å². The van der Waals surface area contributed by atoms with Crippen LogP contribution in [-0.2, 0) is 0 Å². The molecule has 6 heteroatoms. The van der Waals surface area contributed by atoms with Crippen LogP contribution in [0.5, 0.6) is 11.5 Å². The molecular weight excluding hydrogens is 384 g/mol. The monoisotopic (exact) mass is 404 g/mol. The van der Waals surface area contributed by atoms with Crippen molar-refractivity contribution in [2.24, 2.45) is 0 Å². The third-order valence-electron chi connectivity index (χ3n) is 4.28. The Balaban J connectivity index is 2.10. The van der Waals surface area contributed by atoms with Gasteiger partial charge >= 0.3 is 0 Å². The van der Waals surface area contributed by atoms with Gasteiger partial charge in [-0.05, 0) is 30.7 Å². The van der Waals surface area contributed by atoms with E-state index in [0.29, 0.717) is 23.6 Å². The lowest BCUT2D eigenvalue weighted by atomic mass is 10.0. The van der Waals surface area contributed by atoms with Crippen molar-refractivity contribution in [3.63, 3.8) is 0 Å². The lowest BCUT2D eigenvalue weighted by molar-refractivity contribution is 0.0682. The van der Waals surface area contributed by atoms with E-state index in [9.17, 15) is 4.79 Å². The fraction of sp³-hybridized carbons (Fsp3) is 0.316. The number of rotatable bonds is 5. The number of benzene rings is 2. The first-order chi connectivity index (χ1) is 12.1. The molecule has 2 aromatic rings. The number of fused-ring (bicyclic) bond motifs is 1. The molecule has 1 atom stereocenters. The summed E-state index contributed by atoms with van der Waals surface area (Å²) in [7, 11) is 3.21. The molecular formula is C19H21BrN2O3. The summed E-state index contributed by atoms with van der Waals surface area (Å²) >= 11 is 3.61. The van der Waals surface area contributed by atoms with Crippen molar-refractivity contribution in [1.82, 2.24) is 4.90 Å². The van der Waals surface area contributed by atoms with Crippen molar-refractivity contribution in [2.45, 2.75) is 19.5 Å². The Labute approximate surface area is 156 Å². The zero-order valence-electron chi connectivity index (χ0n) is 14.5. The van der Waals surface area contributed by atoms with Crippen LogP contribution >= 0.6 is 15.9 Å². The number of hydrogen-bond donors (Lipinski definition) is 1. The topological polar surface area (TPSA) is 50.8 Å². The van der Waals surface area contributed by atoms with Crippen LogP contribution in [0, 0.1) is 0 Å². The molecule has 25 heavy (non-hydrogen) atoms. The predicted molar refractivity (Wildman–Crippen MR) is 101 cm³/mol. The molecule has 0 bridgehead atoms. The van der Waals surface area contributed by atoms with Crippen molar-refractivity contribution in [1.29, 1.82) is 0 Å². The molecule has 3 rings (SSSR count). The van der Waals surface area contributed by atoms with Crippen molar-refractivity contribution >= 4 is 27.5 Å². The maximum Gasteiger partial charge on any atom is 0.257 e. The van der Waals surface area contributed by atoms with Crippen LogP contribution in [0.2, 0.25) is 0 Å². The van der Waals surface area contributed by atoms with Gasteiger partial charge in [0.2, 0.25) is 0 Å². The Morgan fingerprint density at radius 2 is 1.84 bits per heavy atom. The number of halogens is 1. The number of amides is 1. The lowest BCUT2D eigenvalue weighted by Gasteiger charge is -2.38. The number of carbonyl (C=O) groups excluding carboxylic acids is 1. The predicted octanol–water partition coefficient (Wildman–Crippen LogP) is 4.44. The van der Waals surface area contributed by atoms with Crippen LogP contribution in [0.25, 0.3) is 0 Å². The molecule has 0 unspecified atom stereocenters. The van der Waals surface area contributed by atoms with Gasteiger partial charge in [0.1, 0.15) is 6.17 Å². The molecule has 0 aromatic heterocycles. The molecule has 0 spiro atoms. The normalized spacial score (nSPS) is 16.2. The average molecular weight is 405 g/mol. The van der Waals surface area contributed by atoms with Gasteiger partial charge in [0.25, 0.3) is 5.91 Å². The maximum absolute atomic E-state index is 13.0. The molecule has 0 radical (unpaired) electrons. The number of nitrogens with zero attached hydrogens (tertiary/aromatic N) is 1. The molecule has 0 saturated heterocycles. The van der Waals surface area contributed by atoms with Gasteiger partial charge in [-0.3, -0.25) is 4.79 Å². The summed E-state index contributed by atoms with van der Waals surface area (Å²) in [5.74, 6) is 1.30. The summed E-state index contributed by atoms with van der Waals surface area (Å²) in [6, 6.07) is 11.4. The standard InChI is InChI=1S/C19H21BrN2O3/c1-4-9-22-18(21-15-8-6-5-7-12(15)19(22)23)13-10-16(24-2)17(25-3)11-14(13)20/h5-8,10-11,18,21H,4,9H2,1-3H3/t18-/m1/s1. The first-order valence-electron chi connectivity index (χ1n) is 8.18. The highest BCUT2D eigenvalue weighted by atomic mass is 79.9. The molecule has 1 amide bonds. The van der Waals surface area contributed by atoms with Gasteiger partial charge in [0.05, 0.1) is 19.8 Å². The maximum atomic E-state index is 13.0. The minimum atomic E-state index is -0.281. The average Bonchev–Trinajstić information content (AvgIpc) is 2.64. The second-order valence-electron chi connectivity index (χ2n) is 5.82. The van der Waals surface area contributed by atoms with E-state index in [2.05, 4.69) is 28.2 Å². The SMILES string of the molecule is CCCN1C(=O)c2ccccc2N[C@H]1c1cc(OC)c(OC)cc1Br. The second-order valence-corrected chi connectivity index (χ2v) is 6.67. The van der Waals surface area contributed by atoms with Crippen molar-refractivity contribution < 1.29 is 14.3 Å². The first-order valence-corrected chi connectivity index (χ1v) is 8.98. The van der Waals surface area contributed by atoms with Gasteiger partial charge in [-0.2, -0.15) is 0 Å². The molecule has 0 aliphatic carbocycles. The summed E-state index contributed by atoms with van der Waals surface area (Å²) in [5.41, 5.74) is 2.46. The third-order valence-corrected chi connectivity index (χ3v) is 4.97. The number of ether oxygens (including phenoxy) is 2. The zero-order chi connectivity index (χ0) is 18.0. The Morgan fingerprint density at radius 3 is 2.52 bits per heavy atom. The van der Waals surface area contributed by atoms with Gasteiger partial charge < -0.3 is 19.7 Å². The molecule has 1 N–H and O–H groups in total. The number of methoxy groups -OCH3 is 2. The Bertz CT molecular complexity index is 794. The van der Waals surface area contributed by atoms with Gasteiger partial charge in [0, 0.05) is 22.3 Å². The van der Waals surface area contributed by atoms with Crippen LogP contribution in [0.4, 0.5) is 5.69 Å². The van der Waals surface area contributed by atoms with Gasteiger partial charge in [-0.1, -0.05) is 35.0 Å². The van der Waals surface area contributed by atoms with E-state index in [-0.39, 0.29) is 12.1 Å². The van der Waals surface area contributed by atoms with Gasteiger partial charge in [-0.15, -0.1) is 0 Å². The highest BCUT2D eigenvalue weighted by molar-refractivity contribution is 9.10. The summed E-state index contributed by atoms with van der Waals surface area (Å²) in [6.07, 6.45) is 0.591. The Kier molecular flexibility index (Phi) is 5.18. The van der Waals surface area contributed by atoms with Gasteiger partial charge in [0.15, 0.2) is 11.5 Å². The van der Waals surface area contributed by atoms with E-state index < -0.39 is 0 Å². The van der Waals surface area contributed by atoms with Crippen molar-refractivity contribution in [3.05, 3.63) is 52.0 Å². The van der Waals surface area contributed by atoms with Crippen LogP contribution in [0.15, 0.2) is 40.9 Å². The fourth-order valence-electron chi connectivity index (χ4n) is 3.09. The van der Waals surface area contributed by atoms with Crippen LogP contribution < -0.4 is 14.8 Å². The molecule has 0 fully saturated rings. The van der Waals surface area contributed by atoms with Crippen LogP contribution in [0.1, 0.15) is 35.4 Å². The minimum Gasteiger partial charge on any atom is -0.493 e. The molecule has 0 saturated carbocycles. The van der Waals surface area contributed by atoms with E-state index in [1.54, 1.807) is 14.2 Å². The Morgan fingerprint density at radius 1 is 1.16 bits per heavy atom. The number of hydrogen-bond acceptors (Lipinski definition) is 4. The Hall–Kier alpha value is -2.21. The third kappa shape index (κ3) is 3.18. The second kappa shape index (κ2) is 7.35. The fourth-order valence-corrected chi connectivity index (χ4v) is 3.63. The summed E-state index contributed by atoms with van der Waals surface area (Å²) < 4.78 is 11.6. The lowest BCUT2D eigenvalue weighted by Crippen LogP contribution is -2.43. The largest absolute Gasteiger partial charge is 0.493 e. The quantitative estimate of drug-likeness (QED) is 0.799.